The maximum absolute atomic E-state index is 9.13. The molecular weight excluding hydrogens is 288 g/mol. The summed E-state index contributed by atoms with van der Waals surface area (Å²) in [6.07, 6.45) is 0.625. The van der Waals surface area contributed by atoms with Crippen LogP contribution in [-0.4, -0.2) is 35.8 Å². The molecule has 0 spiro atoms. The van der Waals surface area contributed by atoms with Crippen LogP contribution in [0, 0.1) is 6.92 Å². The molecule has 0 bridgehead atoms. The molecule has 6 heteroatoms. The molecule has 0 saturated heterocycles. The number of hydrogen-bond acceptors (Lipinski definition) is 6. The van der Waals surface area contributed by atoms with Crippen molar-refractivity contribution in [3.05, 3.63) is 35.6 Å². The average molecular weight is 306 g/mol. The zero-order valence-corrected chi connectivity index (χ0v) is 13.2. The fourth-order valence-electron chi connectivity index (χ4n) is 2.11. The highest BCUT2D eigenvalue weighted by atomic mass is 32.2. The Morgan fingerprint density at radius 1 is 1.33 bits per heavy atom. The van der Waals surface area contributed by atoms with Gasteiger partial charge in [-0.3, -0.25) is 0 Å². The molecule has 112 valence electrons. The molecule has 1 aromatic rings. The summed E-state index contributed by atoms with van der Waals surface area (Å²) >= 11 is 1.44. The summed E-state index contributed by atoms with van der Waals surface area (Å²) < 4.78 is 10.8. The topological polar surface area (TPSA) is 63.4 Å². The molecule has 1 heterocycles. The molecule has 0 fully saturated rings. The van der Waals surface area contributed by atoms with E-state index in [4.69, 9.17) is 14.6 Å². The highest BCUT2D eigenvalue weighted by Gasteiger charge is 2.21. The second kappa shape index (κ2) is 6.67. The molecule has 1 aliphatic heterocycles. The normalized spacial score (nSPS) is 13.7. The van der Waals surface area contributed by atoms with Crippen molar-refractivity contribution in [2.75, 3.05) is 20.0 Å². The van der Waals surface area contributed by atoms with Gasteiger partial charge >= 0.3 is 0 Å². The van der Waals surface area contributed by atoms with Gasteiger partial charge in [-0.05, 0) is 19.1 Å². The molecule has 0 saturated carbocycles. The van der Waals surface area contributed by atoms with E-state index in [2.05, 4.69) is 16.8 Å². The zero-order chi connectivity index (χ0) is 15.4. The van der Waals surface area contributed by atoms with Crippen molar-refractivity contribution in [1.29, 1.82) is 0 Å². The van der Waals surface area contributed by atoms with Crippen LogP contribution < -0.4 is 9.47 Å². The van der Waals surface area contributed by atoms with Crippen molar-refractivity contribution in [3.8, 4) is 11.5 Å². The van der Waals surface area contributed by atoms with Gasteiger partial charge in [0.05, 0.1) is 31.4 Å². The van der Waals surface area contributed by atoms with Gasteiger partial charge in [0.1, 0.15) is 16.5 Å². The molecule has 0 aromatic heterocycles. The number of benzene rings is 1. The van der Waals surface area contributed by atoms with E-state index in [9.17, 15) is 0 Å². The van der Waals surface area contributed by atoms with E-state index >= 15 is 0 Å². The maximum atomic E-state index is 9.13. The summed E-state index contributed by atoms with van der Waals surface area (Å²) in [4.78, 5) is 0. The van der Waals surface area contributed by atoms with Crippen molar-refractivity contribution in [2.45, 2.75) is 13.3 Å². The number of aliphatic hydroxyl groups is 1. The van der Waals surface area contributed by atoms with E-state index in [1.165, 1.54) is 11.8 Å². The predicted octanol–water partition coefficient (Wildman–Crippen LogP) is 3.32. The largest absolute Gasteiger partial charge is 0.512 e. The summed E-state index contributed by atoms with van der Waals surface area (Å²) in [7, 11) is 3.27. The number of thioether (sulfide) groups is 1. The zero-order valence-electron chi connectivity index (χ0n) is 12.3. The van der Waals surface area contributed by atoms with Crippen LogP contribution in [-0.2, 0) is 0 Å². The first-order valence-corrected chi connectivity index (χ1v) is 7.40. The van der Waals surface area contributed by atoms with E-state index in [0.717, 1.165) is 33.4 Å². The fraction of sp³-hybridized carbons (Fsp3) is 0.333. The van der Waals surface area contributed by atoms with E-state index in [0.29, 0.717) is 12.2 Å². The van der Waals surface area contributed by atoms with Gasteiger partial charge in [0.15, 0.2) is 0 Å². The minimum Gasteiger partial charge on any atom is -0.512 e. The lowest BCUT2D eigenvalue weighted by atomic mass is 10.0. The molecule has 1 aliphatic rings. The number of hydrogen-bond donors (Lipinski definition) is 1. The Morgan fingerprint density at radius 2 is 2.10 bits per heavy atom. The molecule has 0 unspecified atom stereocenters. The van der Waals surface area contributed by atoms with Crippen LogP contribution in [0.2, 0.25) is 0 Å². The molecule has 0 aliphatic carbocycles. The molecular formula is C15H18N2O3S. The quantitative estimate of drug-likeness (QED) is 0.848. The summed E-state index contributed by atoms with van der Waals surface area (Å²) in [6, 6.07) is 3.83. The molecule has 0 atom stereocenters. The highest BCUT2D eigenvalue weighted by molar-refractivity contribution is 8.14. The van der Waals surface area contributed by atoms with Crippen LogP contribution in [0.1, 0.15) is 17.5 Å². The van der Waals surface area contributed by atoms with Gasteiger partial charge in [0.2, 0.25) is 0 Å². The van der Waals surface area contributed by atoms with Crippen LogP contribution in [0.4, 0.5) is 0 Å². The average Bonchev–Trinajstić information content (AvgIpc) is 2.93. The third-order valence-electron chi connectivity index (χ3n) is 3.10. The lowest BCUT2D eigenvalue weighted by Crippen LogP contribution is -2.06. The summed E-state index contributed by atoms with van der Waals surface area (Å²) in [5, 5.41) is 18.4. The fourth-order valence-corrected chi connectivity index (χ4v) is 2.78. The molecule has 0 radical (unpaired) electrons. The second-order valence-electron chi connectivity index (χ2n) is 4.55. The van der Waals surface area contributed by atoms with Gasteiger partial charge in [-0.1, -0.05) is 6.58 Å². The summed E-state index contributed by atoms with van der Waals surface area (Å²) in [5.41, 5.74) is 2.70. The van der Waals surface area contributed by atoms with Crippen molar-refractivity contribution in [1.82, 2.24) is 0 Å². The Hall–Kier alpha value is -1.95. The maximum Gasteiger partial charge on any atom is 0.134 e. The van der Waals surface area contributed by atoms with Crippen LogP contribution >= 0.6 is 11.8 Å². The molecule has 5 nitrogen and oxygen atoms in total. The van der Waals surface area contributed by atoms with Crippen molar-refractivity contribution >= 4 is 22.5 Å². The summed E-state index contributed by atoms with van der Waals surface area (Å²) in [6.45, 7) is 5.41. The standard InChI is InChI=1S/C15H18N2O3S/c1-9(18)8-21-14-7-12(16-17-14)11-5-6-13(19-3)10(2)15(11)20-4/h5-6,18H,1,7-8H2,2-4H3. The smallest absolute Gasteiger partial charge is 0.134 e. The first-order valence-electron chi connectivity index (χ1n) is 6.41. The summed E-state index contributed by atoms with van der Waals surface area (Å²) in [5.74, 6) is 2.09. The lowest BCUT2D eigenvalue weighted by Gasteiger charge is -2.14. The Kier molecular flexibility index (Phi) is 4.90. The van der Waals surface area contributed by atoms with Gasteiger partial charge < -0.3 is 14.6 Å². The number of ether oxygens (including phenoxy) is 2. The van der Waals surface area contributed by atoms with Crippen LogP contribution in [0.5, 0.6) is 11.5 Å². The van der Waals surface area contributed by atoms with Crippen LogP contribution in [0.3, 0.4) is 0 Å². The number of nitrogens with zero attached hydrogens (tertiary/aromatic N) is 2. The van der Waals surface area contributed by atoms with Crippen molar-refractivity contribution in [2.24, 2.45) is 10.2 Å². The van der Waals surface area contributed by atoms with Crippen LogP contribution in [0.15, 0.2) is 34.7 Å². The van der Waals surface area contributed by atoms with Gasteiger partial charge in [-0.25, -0.2) is 0 Å². The number of aliphatic hydroxyl groups excluding tert-OH is 1. The molecule has 1 N–H and O–H groups in total. The van der Waals surface area contributed by atoms with E-state index in [1.807, 2.05) is 19.1 Å². The van der Waals surface area contributed by atoms with Gasteiger partial charge in [0.25, 0.3) is 0 Å². The molecule has 2 rings (SSSR count). The Bertz CT molecular complexity index is 624. The number of rotatable bonds is 5. The molecule has 21 heavy (non-hydrogen) atoms. The third-order valence-corrected chi connectivity index (χ3v) is 4.13. The predicted molar refractivity (Wildman–Crippen MR) is 87.1 cm³/mol. The van der Waals surface area contributed by atoms with Gasteiger partial charge in [-0.2, -0.15) is 5.10 Å². The highest BCUT2D eigenvalue weighted by Crippen LogP contribution is 2.33. The molecule has 1 aromatic carbocycles. The minimum atomic E-state index is 0.133. The lowest BCUT2D eigenvalue weighted by molar-refractivity contribution is 0.388. The Morgan fingerprint density at radius 3 is 2.71 bits per heavy atom. The Labute approximate surface area is 128 Å². The SMILES string of the molecule is C=C(O)CSC1=NN=C(c2ccc(OC)c(C)c2OC)C1. The first kappa shape index (κ1) is 15.4. The van der Waals surface area contributed by atoms with Crippen molar-refractivity contribution < 1.29 is 14.6 Å². The molecule has 0 amide bonds. The first-order chi connectivity index (χ1) is 10.1. The Balaban J connectivity index is 2.18. The second-order valence-corrected chi connectivity index (χ2v) is 5.59. The van der Waals surface area contributed by atoms with E-state index in [1.54, 1.807) is 14.2 Å². The van der Waals surface area contributed by atoms with Gasteiger partial charge in [-0.15, -0.1) is 16.9 Å². The number of methoxy groups -OCH3 is 2. The minimum absolute atomic E-state index is 0.133. The van der Waals surface area contributed by atoms with E-state index in [-0.39, 0.29) is 5.76 Å². The van der Waals surface area contributed by atoms with Crippen molar-refractivity contribution in [3.63, 3.8) is 0 Å². The third kappa shape index (κ3) is 3.39. The monoisotopic (exact) mass is 306 g/mol. The van der Waals surface area contributed by atoms with Gasteiger partial charge in [0, 0.05) is 17.5 Å². The van der Waals surface area contributed by atoms with Crippen LogP contribution in [0.25, 0.3) is 0 Å². The van der Waals surface area contributed by atoms with E-state index < -0.39 is 0 Å².